The van der Waals surface area contributed by atoms with Crippen molar-refractivity contribution in [3.8, 4) is 5.75 Å². The van der Waals surface area contributed by atoms with E-state index in [-0.39, 0.29) is 12.4 Å². The van der Waals surface area contributed by atoms with Crippen molar-refractivity contribution >= 4 is 17.0 Å². The Bertz CT molecular complexity index is 994. The Hall–Kier alpha value is -2.79. The lowest BCUT2D eigenvalue weighted by molar-refractivity contribution is -0.153. The molecule has 2 aliphatic heterocycles. The van der Waals surface area contributed by atoms with Crippen molar-refractivity contribution in [3.63, 3.8) is 0 Å². The van der Waals surface area contributed by atoms with Crippen LogP contribution in [0.25, 0.3) is 11.2 Å². The molecule has 3 aromatic rings. The van der Waals surface area contributed by atoms with E-state index in [0.717, 1.165) is 11.3 Å². The zero-order valence-electron chi connectivity index (χ0n) is 15.0. The van der Waals surface area contributed by atoms with Gasteiger partial charge in [0.2, 0.25) is 0 Å². The van der Waals surface area contributed by atoms with Gasteiger partial charge in [0.25, 0.3) is 0 Å². The van der Waals surface area contributed by atoms with Gasteiger partial charge in [-0.05, 0) is 12.1 Å². The van der Waals surface area contributed by atoms with Gasteiger partial charge in [0.15, 0.2) is 24.0 Å². The zero-order valence-corrected chi connectivity index (χ0v) is 15.0. The summed E-state index contributed by atoms with van der Waals surface area (Å²) >= 11 is 0. The Kier molecular flexibility index (Phi) is 4.13. The van der Waals surface area contributed by atoms with Crippen LogP contribution in [0.2, 0.25) is 0 Å². The smallest absolute Gasteiger partial charge is 0.185 e. The van der Waals surface area contributed by atoms with Gasteiger partial charge in [-0.15, -0.1) is 0 Å². The number of methoxy groups -OCH3 is 1. The Balaban J connectivity index is 1.46. The highest BCUT2D eigenvalue weighted by Gasteiger charge is 2.53. The molecule has 1 aromatic carbocycles. The van der Waals surface area contributed by atoms with Crippen LogP contribution >= 0.6 is 0 Å². The van der Waals surface area contributed by atoms with Gasteiger partial charge in [0, 0.05) is 5.56 Å². The van der Waals surface area contributed by atoms with Crippen LogP contribution in [-0.4, -0.2) is 56.7 Å². The fourth-order valence-electron chi connectivity index (χ4n) is 3.68. The van der Waals surface area contributed by atoms with Crippen LogP contribution in [0.3, 0.4) is 0 Å². The van der Waals surface area contributed by atoms with Crippen LogP contribution in [-0.2, 0) is 14.2 Å². The minimum atomic E-state index is -0.573. The molecule has 0 spiro atoms. The van der Waals surface area contributed by atoms with Gasteiger partial charge in [0.1, 0.15) is 35.9 Å². The summed E-state index contributed by atoms with van der Waals surface area (Å²) in [6.07, 6.45) is 0.408. The molecule has 3 N–H and O–H groups in total. The number of fused-ring (bicyclic) bond motifs is 2. The van der Waals surface area contributed by atoms with E-state index in [1.54, 1.807) is 18.0 Å². The third-order valence-electron chi connectivity index (χ3n) is 5.08. The van der Waals surface area contributed by atoms with E-state index in [9.17, 15) is 5.11 Å². The van der Waals surface area contributed by atoms with Crippen molar-refractivity contribution < 1.29 is 24.1 Å². The molecule has 1 unspecified atom stereocenters. The molecule has 2 aromatic heterocycles. The van der Waals surface area contributed by atoms with Crippen LogP contribution in [0.1, 0.15) is 18.1 Å². The number of nitrogens with two attached hydrogens (primary N) is 1. The molecular formula is C18H19N5O5. The van der Waals surface area contributed by atoms with Gasteiger partial charge in [-0.3, -0.25) is 4.57 Å². The number of aliphatic hydroxyl groups excluding tert-OH is 1. The SMILES string of the molecule is COc1ccc(C2O[C@@H]3[C@H](O2)[C@@H](CO)O[C@H]3n2cnc3c(N)ncnc32)cc1. The van der Waals surface area contributed by atoms with Gasteiger partial charge in [0.05, 0.1) is 20.0 Å². The highest BCUT2D eigenvalue weighted by Crippen LogP contribution is 2.44. The summed E-state index contributed by atoms with van der Waals surface area (Å²) in [6.45, 7) is -0.194. The van der Waals surface area contributed by atoms with Crippen molar-refractivity contribution in [1.29, 1.82) is 0 Å². The number of aliphatic hydroxyl groups is 1. The number of nitrogens with zero attached hydrogens (tertiary/aromatic N) is 4. The molecule has 10 nitrogen and oxygen atoms in total. The lowest BCUT2D eigenvalue weighted by Gasteiger charge is -2.20. The molecule has 2 aliphatic rings. The highest BCUT2D eigenvalue weighted by molar-refractivity contribution is 5.81. The molecule has 0 amide bonds. The number of nitrogen functional groups attached to an aromatic ring is 1. The number of anilines is 1. The second-order valence-electron chi connectivity index (χ2n) is 6.64. The first-order chi connectivity index (χ1) is 13.7. The van der Waals surface area contributed by atoms with E-state index in [1.807, 2.05) is 24.3 Å². The van der Waals surface area contributed by atoms with E-state index in [2.05, 4.69) is 15.0 Å². The summed E-state index contributed by atoms with van der Waals surface area (Å²) in [6, 6.07) is 7.46. The molecule has 10 heteroatoms. The third kappa shape index (κ3) is 2.61. The van der Waals surface area contributed by atoms with Crippen LogP contribution in [0, 0.1) is 0 Å². The van der Waals surface area contributed by atoms with E-state index < -0.39 is 30.8 Å². The van der Waals surface area contributed by atoms with Crippen molar-refractivity contribution in [1.82, 2.24) is 19.5 Å². The fraction of sp³-hybridized carbons (Fsp3) is 0.389. The van der Waals surface area contributed by atoms with E-state index in [1.165, 1.54) is 6.33 Å². The average molecular weight is 385 g/mol. The van der Waals surface area contributed by atoms with Crippen molar-refractivity contribution in [2.45, 2.75) is 30.8 Å². The number of ether oxygens (including phenoxy) is 4. The summed E-state index contributed by atoms with van der Waals surface area (Å²) in [5, 5.41) is 9.76. The van der Waals surface area contributed by atoms with Gasteiger partial charge >= 0.3 is 0 Å². The van der Waals surface area contributed by atoms with E-state index in [4.69, 9.17) is 24.7 Å². The molecule has 2 fully saturated rings. The summed E-state index contributed by atoms with van der Waals surface area (Å²) in [5.41, 5.74) is 7.75. The lowest BCUT2D eigenvalue weighted by atomic mass is 10.1. The number of rotatable bonds is 4. The van der Waals surface area contributed by atoms with Crippen LogP contribution in [0.5, 0.6) is 5.75 Å². The van der Waals surface area contributed by atoms with Gasteiger partial charge in [-0.25, -0.2) is 15.0 Å². The molecule has 28 heavy (non-hydrogen) atoms. The van der Waals surface area contributed by atoms with Crippen LogP contribution in [0.4, 0.5) is 5.82 Å². The summed E-state index contributed by atoms with van der Waals surface area (Å²) in [7, 11) is 1.61. The van der Waals surface area contributed by atoms with Gasteiger partial charge in [-0.2, -0.15) is 0 Å². The third-order valence-corrected chi connectivity index (χ3v) is 5.08. The zero-order chi connectivity index (χ0) is 19.3. The summed E-state index contributed by atoms with van der Waals surface area (Å²) in [5.74, 6) is 1.04. The maximum Gasteiger partial charge on any atom is 0.185 e. The minimum Gasteiger partial charge on any atom is -0.497 e. The predicted octanol–water partition coefficient (Wildman–Crippen LogP) is 0.790. The monoisotopic (exact) mass is 385 g/mol. The molecule has 5 atom stereocenters. The lowest BCUT2D eigenvalue weighted by Crippen LogP contribution is -2.30. The molecular weight excluding hydrogens is 366 g/mol. The molecule has 0 aliphatic carbocycles. The first-order valence-corrected chi connectivity index (χ1v) is 8.84. The summed E-state index contributed by atoms with van der Waals surface area (Å²) in [4.78, 5) is 12.5. The standard InChI is InChI=1S/C18H19N5O5/c1-25-10-4-2-9(3-5-10)18-27-13-11(6-24)26-17(14(13)28-18)23-8-22-12-15(19)20-7-21-16(12)23/h2-5,7-8,11,13-14,17-18,24H,6H2,1H3,(H2,19,20,21)/t11-,13-,14-,17-,18?/m1/s1. The molecule has 0 saturated carbocycles. The van der Waals surface area contributed by atoms with Crippen molar-refractivity contribution in [3.05, 3.63) is 42.5 Å². The quantitative estimate of drug-likeness (QED) is 0.670. The highest BCUT2D eigenvalue weighted by atomic mass is 16.8. The average Bonchev–Trinajstić information content (AvgIpc) is 3.42. The molecule has 2 saturated heterocycles. The fourth-order valence-corrected chi connectivity index (χ4v) is 3.68. The van der Waals surface area contributed by atoms with E-state index in [0.29, 0.717) is 11.2 Å². The maximum atomic E-state index is 9.76. The second kappa shape index (κ2) is 6.67. The number of hydrogen-bond acceptors (Lipinski definition) is 9. The first-order valence-electron chi connectivity index (χ1n) is 8.84. The topological polar surface area (TPSA) is 127 Å². The van der Waals surface area contributed by atoms with Crippen LogP contribution in [0.15, 0.2) is 36.9 Å². The molecule has 5 rings (SSSR count). The second-order valence-corrected chi connectivity index (χ2v) is 6.64. The summed E-state index contributed by atoms with van der Waals surface area (Å²) < 4.78 is 25.2. The predicted molar refractivity (Wildman–Crippen MR) is 96.2 cm³/mol. The molecule has 0 bridgehead atoms. The molecule has 146 valence electrons. The van der Waals surface area contributed by atoms with E-state index >= 15 is 0 Å². The maximum absolute atomic E-state index is 9.76. The van der Waals surface area contributed by atoms with Gasteiger partial charge < -0.3 is 29.8 Å². The van der Waals surface area contributed by atoms with Gasteiger partial charge in [-0.1, -0.05) is 12.1 Å². The Morgan fingerprint density at radius 1 is 1.11 bits per heavy atom. The Labute approximate surface area is 159 Å². The Morgan fingerprint density at radius 3 is 2.64 bits per heavy atom. The minimum absolute atomic E-state index is 0.194. The molecule has 4 heterocycles. The number of benzene rings is 1. The first kappa shape index (κ1) is 17.3. The Morgan fingerprint density at radius 2 is 1.89 bits per heavy atom. The largest absolute Gasteiger partial charge is 0.497 e. The number of hydrogen-bond donors (Lipinski definition) is 2. The van der Waals surface area contributed by atoms with Crippen LogP contribution < -0.4 is 10.5 Å². The number of imidazole rings is 1. The number of aromatic nitrogens is 4. The normalized spacial score (nSPS) is 29.3. The molecule has 0 radical (unpaired) electrons. The van der Waals surface area contributed by atoms with Crippen molar-refractivity contribution in [2.24, 2.45) is 0 Å². The van der Waals surface area contributed by atoms with Crippen molar-refractivity contribution in [2.75, 3.05) is 19.5 Å².